The number of hydrogen-bond acceptors (Lipinski definition) is 1. The third kappa shape index (κ3) is 2.05. The Morgan fingerprint density at radius 2 is 2.07 bits per heavy atom. The van der Waals surface area contributed by atoms with Crippen LogP contribution in [-0.4, -0.2) is 15.7 Å². The minimum atomic E-state index is -0.659. The fourth-order valence-electron chi connectivity index (χ4n) is 1.97. The number of fused-ring (bicyclic) bond motifs is 1. The summed E-state index contributed by atoms with van der Waals surface area (Å²) in [7, 11) is 0. The third-order valence-electron chi connectivity index (χ3n) is 2.63. The molecule has 0 radical (unpaired) electrons. The summed E-state index contributed by atoms with van der Waals surface area (Å²) in [6.45, 7) is 5.76. The van der Waals surface area contributed by atoms with Crippen LogP contribution in [0.5, 0.6) is 0 Å². The Bertz CT molecular complexity index is 477. The predicted octanol–water partition coefficient (Wildman–Crippen LogP) is 2.79. The van der Waals surface area contributed by atoms with Crippen LogP contribution in [0.2, 0.25) is 0 Å². The molecule has 0 amide bonds. The molecule has 80 valence electrons. The summed E-state index contributed by atoms with van der Waals surface area (Å²) in [5, 5.41) is 11.1. The number of benzene rings is 1. The maximum absolute atomic E-state index is 9.82. The van der Waals surface area contributed by atoms with E-state index in [4.69, 9.17) is 0 Å². The summed E-state index contributed by atoms with van der Waals surface area (Å²) in [6, 6.07) is 6.22. The number of para-hydroxylation sites is 1. The molecule has 0 aliphatic carbocycles. The molecule has 0 fully saturated rings. The molecule has 0 aliphatic heterocycles. The first kappa shape index (κ1) is 10.2. The van der Waals surface area contributed by atoms with Crippen molar-refractivity contribution >= 4 is 10.9 Å². The number of aromatic nitrogens is 1. The minimum Gasteiger partial charge on any atom is -0.390 e. The average molecular weight is 203 g/mol. The Morgan fingerprint density at radius 1 is 1.33 bits per heavy atom. The second-order valence-corrected chi connectivity index (χ2v) is 4.80. The van der Waals surface area contributed by atoms with Gasteiger partial charge in [-0.25, -0.2) is 0 Å². The van der Waals surface area contributed by atoms with Crippen molar-refractivity contribution in [3.05, 3.63) is 35.5 Å². The molecule has 1 aromatic heterocycles. The summed E-state index contributed by atoms with van der Waals surface area (Å²) in [4.78, 5) is 3.27. The predicted molar refractivity (Wildman–Crippen MR) is 63.0 cm³/mol. The molecule has 0 atom stereocenters. The van der Waals surface area contributed by atoms with E-state index in [1.807, 2.05) is 26.1 Å². The quantitative estimate of drug-likeness (QED) is 0.773. The fraction of sp³-hybridized carbons (Fsp3) is 0.385. The van der Waals surface area contributed by atoms with Crippen LogP contribution in [0.15, 0.2) is 24.4 Å². The third-order valence-corrected chi connectivity index (χ3v) is 2.63. The lowest BCUT2D eigenvalue weighted by molar-refractivity contribution is 0.0813. The zero-order chi connectivity index (χ0) is 11.1. The molecule has 2 rings (SSSR count). The lowest BCUT2D eigenvalue weighted by Gasteiger charge is -2.17. The largest absolute Gasteiger partial charge is 0.390 e. The van der Waals surface area contributed by atoms with Gasteiger partial charge in [0.2, 0.25) is 0 Å². The minimum absolute atomic E-state index is 0.659. The number of aliphatic hydroxyl groups is 1. The normalized spacial score (nSPS) is 12.3. The van der Waals surface area contributed by atoms with Crippen molar-refractivity contribution < 1.29 is 5.11 Å². The van der Waals surface area contributed by atoms with Gasteiger partial charge in [0.25, 0.3) is 0 Å². The van der Waals surface area contributed by atoms with Crippen LogP contribution < -0.4 is 0 Å². The molecule has 2 N–H and O–H groups in total. The molecule has 0 unspecified atom stereocenters. The monoisotopic (exact) mass is 203 g/mol. The van der Waals surface area contributed by atoms with E-state index in [9.17, 15) is 5.11 Å². The molecule has 1 aromatic carbocycles. The lowest BCUT2D eigenvalue weighted by atomic mass is 9.97. The van der Waals surface area contributed by atoms with Gasteiger partial charge in [-0.2, -0.15) is 0 Å². The molecule has 2 nitrogen and oxygen atoms in total. The van der Waals surface area contributed by atoms with Crippen LogP contribution >= 0.6 is 0 Å². The van der Waals surface area contributed by atoms with Gasteiger partial charge in [-0.05, 0) is 31.9 Å². The summed E-state index contributed by atoms with van der Waals surface area (Å²) in [5.41, 5.74) is 2.92. The van der Waals surface area contributed by atoms with Crippen molar-refractivity contribution in [2.45, 2.75) is 32.8 Å². The van der Waals surface area contributed by atoms with Crippen LogP contribution in [0.3, 0.4) is 0 Å². The number of aryl methyl sites for hydroxylation is 1. The van der Waals surface area contributed by atoms with E-state index in [0.717, 1.165) is 5.52 Å². The van der Waals surface area contributed by atoms with Crippen molar-refractivity contribution in [1.82, 2.24) is 4.98 Å². The van der Waals surface area contributed by atoms with Crippen molar-refractivity contribution in [2.24, 2.45) is 0 Å². The Labute approximate surface area is 89.9 Å². The van der Waals surface area contributed by atoms with Crippen molar-refractivity contribution in [3.63, 3.8) is 0 Å². The molecule has 1 heterocycles. The first-order valence-corrected chi connectivity index (χ1v) is 5.25. The Balaban J connectivity index is 2.52. The SMILES string of the molecule is Cc1c[nH]c2c(CC(C)(C)O)cccc12. The standard InChI is InChI=1S/C13H17NO/c1-9-8-14-12-10(7-13(2,3)15)5-4-6-11(9)12/h4-6,8,14-15H,7H2,1-3H3. The maximum atomic E-state index is 9.82. The first-order chi connectivity index (χ1) is 6.97. The highest BCUT2D eigenvalue weighted by Gasteiger charge is 2.15. The topological polar surface area (TPSA) is 36.0 Å². The highest BCUT2D eigenvalue weighted by atomic mass is 16.3. The van der Waals surface area contributed by atoms with E-state index in [1.54, 1.807) is 0 Å². The number of nitrogens with one attached hydrogen (secondary N) is 1. The van der Waals surface area contributed by atoms with E-state index in [2.05, 4.69) is 24.0 Å². The van der Waals surface area contributed by atoms with Crippen LogP contribution in [0.4, 0.5) is 0 Å². The fourth-order valence-corrected chi connectivity index (χ4v) is 1.97. The second-order valence-electron chi connectivity index (χ2n) is 4.80. The molecular formula is C13H17NO. The molecule has 0 bridgehead atoms. The highest BCUT2D eigenvalue weighted by molar-refractivity contribution is 5.85. The van der Waals surface area contributed by atoms with E-state index in [1.165, 1.54) is 16.5 Å². The van der Waals surface area contributed by atoms with Crippen LogP contribution in [-0.2, 0) is 6.42 Å². The average Bonchev–Trinajstić information content (AvgIpc) is 2.47. The summed E-state index contributed by atoms with van der Waals surface area (Å²) < 4.78 is 0. The van der Waals surface area contributed by atoms with Gasteiger partial charge in [0.15, 0.2) is 0 Å². The van der Waals surface area contributed by atoms with Crippen LogP contribution in [0, 0.1) is 6.92 Å². The van der Waals surface area contributed by atoms with Crippen LogP contribution in [0.25, 0.3) is 10.9 Å². The zero-order valence-electron chi connectivity index (χ0n) is 9.46. The summed E-state index contributed by atoms with van der Waals surface area (Å²) in [6.07, 6.45) is 2.68. The number of rotatable bonds is 2. The Kier molecular flexibility index (Phi) is 2.31. The molecule has 2 aromatic rings. The maximum Gasteiger partial charge on any atom is 0.0632 e. The Morgan fingerprint density at radius 3 is 2.73 bits per heavy atom. The zero-order valence-corrected chi connectivity index (χ0v) is 9.46. The van der Waals surface area contributed by atoms with E-state index < -0.39 is 5.60 Å². The molecule has 0 saturated heterocycles. The van der Waals surface area contributed by atoms with Gasteiger partial charge < -0.3 is 10.1 Å². The van der Waals surface area contributed by atoms with Crippen LogP contribution in [0.1, 0.15) is 25.0 Å². The Hall–Kier alpha value is -1.28. The number of H-pyrrole nitrogens is 1. The van der Waals surface area contributed by atoms with Crippen molar-refractivity contribution in [2.75, 3.05) is 0 Å². The van der Waals surface area contributed by atoms with Crippen molar-refractivity contribution in [3.8, 4) is 0 Å². The van der Waals surface area contributed by atoms with Gasteiger partial charge in [-0.3, -0.25) is 0 Å². The van der Waals surface area contributed by atoms with Gasteiger partial charge in [0.05, 0.1) is 5.60 Å². The molecule has 0 spiro atoms. The van der Waals surface area contributed by atoms with Gasteiger partial charge in [0.1, 0.15) is 0 Å². The first-order valence-electron chi connectivity index (χ1n) is 5.25. The van der Waals surface area contributed by atoms with E-state index >= 15 is 0 Å². The van der Waals surface area contributed by atoms with Gasteiger partial charge in [-0.15, -0.1) is 0 Å². The van der Waals surface area contributed by atoms with Crippen molar-refractivity contribution in [1.29, 1.82) is 0 Å². The smallest absolute Gasteiger partial charge is 0.0632 e. The second kappa shape index (κ2) is 3.38. The number of aromatic amines is 1. The van der Waals surface area contributed by atoms with Gasteiger partial charge in [-0.1, -0.05) is 18.2 Å². The van der Waals surface area contributed by atoms with Gasteiger partial charge in [0, 0.05) is 23.5 Å². The molecule has 15 heavy (non-hydrogen) atoms. The molecular weight excluding hydrogens is 186 g/mol. The number of hydrogen-bond donors (Lipinski definition) is 2. The van der Waals surface area contributed by atoms with E-state index in [0.29, 0.717) is 6.42 Å². The molecule has 0 saturated carbocycles. The van der Waals surface area contributed by atoms with E-state index in [-0.39, 0.29) is 0 Å². The molecule has 2 heteroatoms. The summed E-state index contributed by atoms with van der Waals surface area (Å²) >= 11 is 0. The highest BCUT2D eigenvalue weighted by Crippen LogP contribution is 2.23. The summed E-state index contributed by atoms with van der Waals surface area (Å²) in [5.74, 6) is 0. The lowest BCUT2D eigenvalue weighted by Crippen LogP contribution is -2.21. The van der Waals surface area contributed by atoms with Gasteiger partial charge >= 0.3 is 0 Å². The molecule has 0 aliphatic rings.